The number of hydrogen-bond acceptors (Lipinski definition) is 5. The topological polar surface area (TPSA) is 42.4 Å². The molecule has 5 heteroatoms. The van der Waals surface area contributed by atoms with Crippen LogP contribution in [0.2, 0.25) is 0 Å². The third kappa shape index (κ3) is 2.66. The lowest BCUT2D eigenvalue weighted by Gasteiger charge is -2.33. The number of aromatic nitrogens is 1. The number of piperidine rings is 1. The van der Waals surface area contributed by atoms with Gasteiger partial charge in [-0.15, -0.1) is 11.3 Å². The van der Waals surface area contributed by atoms with Gasteiger partial charge < -0.3 is 9.64 Å². The molecule has 0 bridgehead atoms. The average molecular weight is 268 g/mol. The highest BCUT2D eigenvalue weighted by atomic mass is 32.1. The first kappa shape index (κ1) is 13.3. The largest absolute Gasteiger partial charge is 0.461 e. The molecule has 2 heterocycles. The molecule has 0 saturated carbocycles. The molecule has 1 aromatic heterocycles. The first-order valence-corrected chi connectivity index (χ1v) is 7.36. The average Bonchev–Trinajstić information content (AvgIpc) is 2.72. The van der Waals surface area contributed by atoms with Crippen LogP contribution >= 0.6 is 11.3 Å². The van der Waals surface area contributed by atoms with Crippen LogP contribution in [0.3, 0.4) is 0 Å². The summed E-state index contributed by atoms with van der Waals surface area (Å²) in [5.74, 6) is -0.304. The van der Waals surface area contributed by atoms with Crippen molar-refractivity contribution < 1.29 is 9.53 Å². The number of aryl methyl sites for hydroxylation is 1. The SMILES string of the molecule is CCOC(=O)c1nc(N2CCCCC2C)sc1C. The molecule has 0 N–H and O–H groups in total. The molecule has 0 amide bonds. The molecule has 1 unspecified atom stereocenters. The number of carbonyl (C=O) groups is 1. The molecule has 1 aromatic rings. The number of thiazole rings is 1. The second-order valence-electron chi connectivity index (χ2n) is 4.66. The van der Waals surface area contributed by atoms with Crippen LogP contribution in [0, 0.1) is 6.92 Å². The van der Waals surface area contributed by atoms with Crippen LogP contribution in [0.1, 0.15) is 48.5 Å². The van der Waals surface area contributed by atoms with Crippen molar-refractivity contribution in [2.75, 3.05) is 18.1 Å². The summed E-state index contributed by atoms with van der Waals surface area (Å²) in [5.41, 5.74) is 0.481. The molecule has 0 spiro atoms. The van der Waals surface area contributed by atoms with Gasteiger partial charge in [-0.1, -0.05) is 0 Å². The summed E-state index contributed by atoms with van der Waals surface area (Å²) in [7, 11) is 0. The summed E-state index contributed by atoms with van der Waals surface area (Å²) in [4.78, 5) is 19.5. The van der Waals surface area contributed by atoms with Gasteiger partial charge in [-0.05, 0) is 40.0 Å². The zero-order chi connectivity index (χ0) is 13.1. The smallest absolute Gasteiger partial charge is 0.358 e. The number of hydrogen-bond donors (Lipinski definition) is 0. The van der Waals surface area contributed by atoms with Gasteiger partial charge in [0, 0.05) is 17.5 Å². The highest BCUT2D eigenvalue weighted by Crippen LogP contribution is 2.30. The van der Waals surface area contributed by atoms with Gasteiger partial charge in [0.1, 0.15) is 0 Å². The fourth-order valence-electron chi connectivity index (χ4n) is 2.28. The van der Waals surface area contributed by atoms with E-state index in [1.807, 2.05) is 13.8 Å². The van der Waals surface area contributed by atoms with Gasteiger partial charge >= 0.3 is 5.97 Å². The van der Waals surface area contributed by atoms with Crippen molar-refractivity contribution in [2.24, 2.45) is 0 Å². The van der Waals surface area contributed by atoms with Gasteiger partial charge in [0.2, 0.25) is 0 Å². The predicted octanol–water partition coefficient (Wildman–Crippen LogP) is 3.01. The van der Waals surface area contributed by atoms with Crippen LogP contribution in [0.5, 0.6) is 0 Å². The van der Waals surface area contributed by atoms with Crippen molar-refractivity contribution in [3.05, 3.63) is 10.6 Å². The van der Waals surface area contributed by atoms with Crippen LogP contribution in [0.25, 0.3) is 0 Å². The Morgan fingerprint density at radius 3 is 3.00 bits per heavy atom. The minimum absolute atomic E-state index is 0.304. The highest BCUT2D eigenvalue weighted by molar-refractivity contribution is 7.15. The van der Waals surface area contributed by atoms with Gasteiger partial charge in [-0.2, -0.15) is 0 Å². The molecule has 4 nitrogen and oxygen atoms in total. The monoisotopic (exact) mass is 268 g/mol. The Labute approximate surface area is 112 Å². The molecule has 0 aromatic carbocycles. The molecular formula is C13H20N2O2S. The Morgan fingerprint density at radius 2 is 2.33 bits per heavy atom. The molecular weight excluding hydrogens is 248 g/mol. The summed E-state index contributed by atoms with van der Waals surface area (Å²) in [6, 6.07) is 0.513. The fraction of sp³-hybridized carbons (Fsp3) is 0.692. The molecule has 1 aliphatic rings. The molecule has 1 aliphatic heterocycles. The second kappa shape index (κ2) is 5.69. The van der Waals surface area contributed by atoms with E-state index in [4.69, 9.17) is 4.74 Å². The number of anilines is 1. The Balaban J connectivity index is 2.19. The molecule has 1 atom stereocenters. The highest BCUT2D eigenvalue weighted by Gasteiger charge is 2.24. The van der Waals surface area contributed by atoms with Gasteiger partial charge in [-0.3, -0.25) is 0 Å². The summed E-state index contributed by atoms with van der Waals surface area (Å²) < 4.78 is 5.02. The van der Waals surface area contributed by atoms with Crippen LogP contribution in [0.4, 0.5) is 5.13 Å². The van der Waals surface area contributed by atoms with Crippen LogP contribution in [0.15, 0.2) is 0 Å². The maximum atomic E-state index is 11.7. The van der Waals surface area contributed by atoms with E-state index in [0.717, 1.165) is 16.6 Å². The molecule has 100 valence electrons. The van der Waals surface area contributed by atoms with Crippen molar-refractivity contribution in [1.82, 2.24) is 4.98 Å². The third-order valence-corrected chi connectivity index (χ3v) is 4.31. The molecule has 1 fully saturated rings. The Morgan fingerprint density at radius 1 is 1.56 bits per heavy atom. The van der Waals surface area contributed by atoms with E-state index in [9.17, 15) is 4.79 Å². The number of esters is 1. The standard InChI is InChI=1S/C13H20N2O2S/c1-4-17-12(16)11-10(3)18-13(14-11)15-8-6-5-7-9(15)2/h9H,4-8H2,1-3H3. The fourth-order valence-corrected chi connectivity index (χ4v) is 3.30. The molecule has 2 rings (SSSR count). The maximum absolute atomic E-state index is 11.7. The Bertz CT molecular complexity index is 431. The number of rotatable bonds is 3. The van der Waals surface area contributed by atoms with E-state index in [1.165, 1.54) is 19.3 Å². The molecule has 0 radical (unpaired) electrons. The van der Waals surface area contributed by atoms with E-state index in [1.54, 1.807) is 11.3 Å². The van der Waals surface area contributed by atoms with E-state index >= 15 is 0 Å². The lowest BCUT2D eigenvalue weighted by molar-refractivity contribution is 0.0519. The minimum Gasteiger partial charge on any atom is -0.461 e. The van der Waals surface area contributed by atoms with Crippen LogP contribution in [-0.4, -0.2) is 30.1 Å². The number of nitrogens with zero attached hydrogens (tertiary/aromatic N) is 2. The van der Waals surface area contributed by atoms with Gasteiger partial charge in [0.25, 0.3) is 0 Å². The predicted molar refractivity (Wildman–Crippen MR) is 73.5 cm³/mol. The lowest BCUT2D eigenvalue weighted by Crippen LogP contribution is -2.37. The second-order valence-corrected chi connectivity index (χ2v) is 5.84. The summed E-state index contributed by atoms with van der Waals surface area (Å²) in [5, 5.41) is 0.961. The first-order valence-electron chi connectivity index (χ1n) is 6.54. The van der Waals surface area contributed by atoms with Crippen molar-refractivity contribution in [3.63, 3.8) is 0 Å². The van der Waals surface area contributed by atoms with Crippen LogP contribution < -0.4 is 4.90 Å². The summed E-state index contributed by atoms with van der Waals surface area (Å²) in [6.07, 6.45) is 3.69. The Kier molecular flexibility index (Phi) is 4.22. The first-order chi connectivity index (χ1) is 8.63. The van der Waals surface area contributed by atoms with E-state index in [-0.39, 0.29) is 5.97 Å². The van der Waals surface area contributed by atoms with E-state index in [2.05, 4.69) is 16.8 Å². The zero-order valence-corrected chi connectivity index (χ0v) is 12.0. The normalized spacial score (nSPS) is 19.9. The maximum Gasteiger partial charge on any atom is 0.358 e. The van der Waals surface area contributed by atoms with Gasteiger partial charge in [0.05, 0.1) is 6.61 Å². The number of ether oxygens (including phenoxy) is 1. The minimum atomic E-state index is -0.304. The Hall–Kier alpha value is -1.10. The van der Waals surface area contributed by atoms with Gasteiger partial charge in [0.15, 0.2) is 10.8 Å². The van der Waals surface area contributed by atoms with E-state index in [0.29, 0.717) is 18.3 Å². The third-order valence-electron chi connectivity index (χ3n) is 3.30. The van der Waals surface area contributed by atoms with Crippen LogP contribution in [-0.2, 0) is 4.74 Å². The summed E-state index contributed by atoms with van der Waals surface area (Å²) in [6.45, 7) is 7.40. The lowest BCUT2D eigenvalue weighted by atomic mass is 10.1. The van der Waals surface area contributed by atoms with Crippen molar-refractivity contribution in [2.45, 2.75) is 46.1 Å². The number of carbonyl (C=O) groups excluding carboxylic acids is 1. The molecule has 18 heavy (non-hydrogen) atoms. The molecule has 1 saturated heterocycles. The molecule has 0 aliphatic carbocycles. The quantitative estimate of drug-likeness (QED) is 0.790. The van der Waals surface area contributed by atoms with Crippen molar-refractivity contribution in [3.8, 4) is 0 Å². The van der Waals surface area contributed by atoms with Gasteiger partial charge in [-0.25, -0.2) is 9.78 Å². The van der Waals surface area contributed by atoms with Crippen molar-refractivity contribution >= 4 is 22.4 Å². The zero-order valence-electron chi connectivity index (χ0n) is 11.2. The van der Waals surface area contributed by atoms with E-state index < -0.39 is 0 Å². The van der Waals surface area contributed by atoms with Crippen molar-refractivity contribution in [1.29, 1.82) is 0 Å². The summed E-state index contributed by atoms with van der Waals surface area (Å²) >= 11 is 1.59.